The van der Waals surface area contributed by atoms with Gasteiger partial charge < -0.3 is 11.1 Å². The fourth-order valence-electron chi connectivity index (χ4n) is 1.97. The quantitative estimate of drug-likeness (QED) is 0.878. The molecule has 0 saturated carbocycles. The third kappa shape index (κ3) is 3.26. The second kappa shape index (κ2) is 6.37. The number of hydrogen-bond acceptors (Lipinski definition) is 4. The zero-order valence-electron chi connectivity index (χ0n) is 11.1. The van der Waals surface area contributed by atoms with E-state index >= 15 is 0 Å². The minimum Gasteiger partial charge on any atom is -0.365 e. The summed E-state index contributed by atoms with van der Waals surface area (Å²) in [4.78, 5) is 5.93. The largest absolute Gasteiger partial charge is 0.365 e. The first-order chi connectivity index (χ1) is 9.15. The van der Waals surface area contributed by atoms with Crippen molar-refractivity contribution in [3.8, 4) is 11.3 Å². The molecule has 1 unspecified atom stereocenters. The number of nitrogens with two attached hydrogens (primary N) is 1. The molecule has 19 heavy (non-hydrogen) atoms. The number of benzene rings is 1. The minimum absolute atomic E-state index is 0.412. The fourth-order valence-corrected chi connectivity index (χ4v) is 3.12. The van der Waals surface area contributed by atoms with E-state index in [1.165, 1.54) is 4.88 Å². The van der Waals surface area contributed by atoms with Crippen LogP contribution in [0.1, 0.15) is 24.1 Å². The zero-order valence-corrected chi connectivity index (χ0v) is 12.7. The van der Waals surface area contributed by atoms with Gasteiger partial charge >= 0.3 is 0 Å². The van der Waals surface area contributed by atoms with Gasteiger partial charge in [-0.05, 0) is 31.0 Å². The van der Waals surface area contributed by atoms with Crippen molar-refractivity contribution in [3.63, 3.8) is 0 Å². The number of nitrogens with zero attached hydrogens (tertiary/aromatic N) is 1. The molecule has 0 spiro atoms. The molecule has 0 amide bonds. The molecule has 0 radical (unpaired) electrons. The van der Waals surface area contributed by atoms with Crippen LogP contribution in [0, 0.1) is 0 Å². The van der Waals surface area contributed by atoms with Crippen LogP contribution < -0.4 is 11.1 Å². The highest BCUT2D eigenvalue weighted by Crippen LogP contribution is 2.37. The van der Waals surface area contributed by atoms with E-state index in [2.05, 4.69) is 17.2 Å². The molecule has 3 N–H and O–H groups in total. The molecule has 2 rings (SSSR count). The van der Waals surface area contributed by atoms with E-state index in [9.17, 15) is 0 Å². The Morgan fingerprint density at radius 1 is 1.37 bits per heavy atom. The van der Waals surface area contributed by atoms with Gasteiger partial charge in [0.25, 0.3) is 0 Å². The number of hydrogen-bond donors (Lipinski definition) is 2. The third-order valence-electron chi connectivity index (χ3n) is 3.03. The summed E-state index contributed by atoms with van der Waals surface area (Å²) in [6.45, 7) is 2.88. The summed E-state index contributed by atoms with van der Waals surface area (Å²) in [5.74, 6) is 0.412. The van der Waals surface area contributed by atoms with Crippen LogP contribution in [-0.2, 0) is 0 Å². The summed E-state index contributed by atoms with van der Waals surface area (Å²) in [5, 5.41) is 4.79. The maximum absolute atomic E-state index is 5.94. The highest BCUT2D eigenvalue weighted by molar-refractivity contribution is 7.16. The summed E-state index contributed by atoms with van der Waals surface area (Å²) >= 11 is 7.63. The number of nitrogens with one attached hydrogen (secondary N) is 1. The third-order valence-corrected chi connectivity index (χ3v) is 4.59. The molecule has 0 aliphatic heterocycles. The van der Waals surface area contributed by atoms with E-state index in [0.717, 1.165) is 27.8 Å². The Morgan fingerprint density at radius 3 is 2.63 bits per heavy atom. The number of aromatic nitrogens is 1. The lowest BCUT2D eigenvalue weighted by Gasteiger charge is -2.09. The molecule has 1 atom stereocenters. The molecule has 102 valence electrons. The van der Waals surface area contributed by atoms with Crippen molar-refractivity contribution in [2.24, 2.45) is 5.73 Å². The lowest BCUT2D eigenvalue weighted by Crippen LogP contribution is -2.04. The van der Waals surface area contributed by atoms with Gasteiger partial charge in [0.15, 0.2) is 5.13 Å². The molecule has 0 saturated heterocycles. The van der Waals surface area contributed by atoms with Crippen LogP contribution in [0.5, 0.6) is 0 Å². The highest BCUT2D eigenvalue weighted by atomic mass is 35.5. The lowest BCUT2D eigenvalue weighted by molar-refractivity contribution is 0.701. The van der Waals surface area contributed by atoms with Crippen LogP contribution in [-0.4, -0.2) is 18.6 Å². The summed E-state index contributed by atoms with van der Waals surface area (Å²) in [7, 11) is 1.89. The van der Waals surface area contributed by atoms with Gasteiger partial charge in [0.05, 0.1) is 5.69 Å². The standard InChI is InChI=1S/C14H18ClN3S/c1-9(7-8-16)13-12(18-14(17-2)19-13)10-3-5-11(15)6-4-10/h3-6,9H,7-8,16H2,1-2H3,(H,17,18). The summed E-state index contributed by atoms with van der Waals surface area (Å²) in [6.07, 6.45) is 0.964. The van der Waals surface area contributed by atoms with Crippen molar-refractivity contribution in [1.29, 1.82) is 0 Å². The first-order valence-electron chi connectivity index (χ1n) is 6.30. The lowest BCUT2D eigenvalue weighted by atomic mass is 10.0. The van der Waals surface area contributed by atoms with E-state index in [0.29, 0.717) is 12.5 Å². The van der Waals surface area contributed by atoms with Crippen molar-refractivity contribution in [2.75, 3.05) is 18.9 Å². The number of anilines is 1. The van der Waals surface area contributed by atoms with E-state index in [1.807, 2.05) is 31.3 Å². The maximum Gasteiger partial charge on any atom is 0.183 e. The molecule has 0 bridgehead atoms. The average Bonchev–Trinajstić information content (AvgIpc) is 2.84. The molecule has 0 aliphatic carbocycles. The van der Waals surface area contributed by atoms with Gasteiger partial charge in [-0.2, -0.15) is 0 Å². The van der Waals surface area contributed by atoms with Crippen molar-refractivity contribution in [3.05, 3.63) is 34.2 Å². The second-order valence-electron chi connectivity index (χ2n) is 4.47. The first-order valence-corrected chi connectivity index (χ1v) is 7.49. The molecular weight excluding hydrogens is 278 g/mol. The van der Waals surface area contributed by atoms with Crippen LogP contribution >= 0.6 is 22.9 Å². The van der Waals surface area contributed by atoms with E-state index in [-0.39, 0.29) is 0 Å². The fraction of sp³-hybridized carbons (Fsp3) is 0.357. The number of halogens is 1. The summed E-state index contributed by atoms with van der Waals surface area (Å²) in [5.41, 5.74) is 7.80. The first kappa shape index (κ1) is 14.3. The molecule has 1 aromatic carbocycles. The minimum atomic E-state index is 0.412. The number of rotatable bonds is 5. The van der Waals surface area contributed by atoms with E-state index < -0.39 is 0 Å². The molecule has 2 aromatic rings. The molecule has 0 aliphatic rings. The number of thiazole rings is 1. The predicted octanol–water partition coefficient (Wildman–Crippen LogP) is 3.96. The van der Waals surface area contributed by atoms with Crippen molar-refractivity contribution >= 4 is 28.1 Å². The van der Waals surface area contributed by atoms with Crippen molar-refractivity contribution < 1.29 is 0 Å². The van der Waals surface area contributed by atoms with Crippen LogP contribution in [0.15, 0.2) is 24.3 Å². The van der Waals surface area contributed by atoms with E-state index in [4.69, 9.17) is 17.3 Å². The van der Waals surface area contributed by atoms with Crippen LogP contribution in [0.25, 0.3) is 11.3 Å². The Balaban J connectivity index is 2.42. The van der Waals surface area contributed by atoms with Crippen molar-refractivity contribution in [2.45, 2.75) is 19.3 Å². The van der Waals surface area contributed by atoms with Gasteiger partial charge in [-0.1, -0.05) is 30.7 Å². The average molecular weight is 296 g/mol. The van der Waals surface area contributed by atoms with Gasteiger partial charge in [-0.15, -0.1) is 11.3 Å². The molecule has 5 heteroatoms. The Labute approximate surface area is 122 Å². The molecule has 1 heterocycles. The molecule has 3 nitrogen and oxygen atoms in total. The van der Waals surface area contributed by atoms with E-state index in [1.54, 1.807) is 11.3 Å². The monoisotopic (exact) mass is 295 g/mol. The maximum atomic E-state index is 5.94. The Hall–Kier alpha value is -1.10. The van der Waals surface area contributed by atoms with Gasteiger partial charge in [-0.25, -0.2) is 4.98 Å². The SMILES string of the molecule is CNc1nc(-c2ccc(Cl)cc2)c(C(C)CCN)s1. The molecule has 0 fully saturated rings. The van der Waals surface area contributed by atoms with Crippen molar-refractivity contribution in [1.82, 2.24) is 4.98 Å². The van der Waals surface area contributed by atoms with Gasteiger partial charge in [0.1, 0.15) is 0 Å². The molecular formula is C14H18ClN3S. The predicted molar refractivity (Wildman–Crippen MR) is 84.2 cm³/mol. The van der Waals surface area contributed by atoms with Crippen LogP contribution in [0.2, 0.25) is 5.02 Å². The Bertz CT molecular complexity index is 536. The van der Waals surface area contributed by atoms with Gasteiger partial charge in [0.2, 0.25) is 0 Å². The highest BCUT2D eigenvalue weighted by Gasteiger charge is 2.17. The smallest absolute Gasteiger partial charge is 0.183 e. The summed E-state index contributed by atoms with van der Waals surface area (Å²) in [6, 6.07) is 7.81. The molecule has 1 aromatic heterocycles. The van der Waals surface area contributed by atoms with Crippen LogP contribution in [0.3, 0.4) is 0 Å². The second-order valence-corrected chi connectivity index (χ2v) is 5.93. The Kier molecular flexibility index (Phi) is 4.80. The van der Waals surface area contributed by atoms with Gasteiger partial charge in [0, 0.05) is 22.5 Å². The topological polar surface area (TPSA) is 50.9 Å². The van der Waals surface area contributed by atoms with Crippen LogP contribution in [0.4, 0.5) is 5.13 Å². The van der Waals surface area contributed by atoms with Gasteiger partial charge in [-0.3, -0.25) is 0 Å². The Morgan fingerprint density at radius 2 is 2.05 bits per heavy atom. The normalized spacial score (nSPS) is 12.4. The summed E-state index contributed by atoms with van der Waals surface area (Å²) < 4.78 is 0. The zero-order chi connectivity index (χ0) is 13.8.